The first-order chi connectivity index (χ1) is 12.5. The Hall–Kier alpha value is -2.89. The van der Waals surface area contributed by atoms with Crippen LogP contribution in [0.1, 0.15) is 49.7 Å². The third-order valence-corrected chi connectivity index (χ3v) is 4.25. The molecule has 1 atom stereocenters. The summed E-state index contributed by atoms with van der Waals surface area (Å²) in [5.74, 6) is 1.58. The minimum Gasteiger partial charge on any atom is -0.483 e. The van der Waals surface area contributed by atoms with Gasteiger partial charge in [0.2, 0.25) is 0 Å². The smallest absolute Gasteiger partial charge is 0.258 e. The molecule has 136 valence electrons. The third-order valence-electron chi connectivity index (χ3n) is 4.25. The Morgan fingerprint density at radius 3 is 2.77 bits per heavy atom. The lowest BCUT2D eigenvalue weighted by atomic mass is 10.0. The highest BCUT2D eigenvalue weighted by Gasteiger charge is 2.16. The molecule has 0 radical (unpaired) electrons. The molecule has 0 aliphatic carbocycles. The number of carbonyl (C=O) groups excluding carboxylic acids is 1. The van der Waals surface area contributed by atoms with Gasteiger partial charge in [0, 0.05) is 6.20 Å². The van der Waals surface area contributed by atoms with Crippen LogP contribution in [0.2, 0.25) is 0 Å². The molecule has 0 aliphatic rings. The Labute approximate surface area is 153 Å². The molecule has 1 amide bonds. The van der Waals surface area contributed by atoms with E-state index in [2.05, 4.69) is 41.5 Å². The molecule has 1 unspecified atom stereocenters. The van der Waals surface area contributed by atoms with Crippen LogP contribution < -0.4 is 10.1 Å². The summed E-state index contributed by atoms with van der Waals surface area (Å²) >= 11 is 0. The van der Waals surface area contributed by atoms with Crippen LogP contribution in [0.5, 0.6) is 5.75 Å². The lowest BCUT2D eigenvalue weighted by Gasteiger charge is -2.16. The molecule has 1 aromatic carbocycles. The van der Waals surface area contributed by atoms with Gasteiger partial charge in [0.1, 0.15) is 5.75 Å². The predicted molar refractivity (Wildman–Crippen MR) is 100 cm³/mol. The average Bonchev–Trinajstić information content (AvgIpc) is 3.04. The van der Waals surface area contributed by atoms with Crippen LogP contribution >= 0.6 is 0 Å². The van der Waals surface area contributed by atoms with E-state index in [9.17, 15) is 4.79 Å². The fourth-order valence-corrected chi connectivity index (χ4v) is 2.89. The second kappa shape index (κ2) is 7.56. The quantitative estimate of drug-likeness (QED) is 0.738. The van der Waals surface area contributed by atoms with E-state index in [0.717, 1.165) is 22.5 Å². The maximum atomic E-state index is 12.3. The molecule has 0 bridgehead atoms. The first-order valence-corrected chi connectivity index (χ1v) is 8.78. The number of pyridine rings is 1. The van der Waals surface area contributed by atoms with Crippen molar-refractivity contribution in [2.45, 2.75) is 39.7 Å². The number of fused-ring (bicyclic) bond motifs is 1. The molecule has 0 saturated heterocycles. The van der Waals surface area contributed by atoms with Crippen molar-refractivity contribution in [3.05, 3.63) is 59.5 Å². The Morgan fingerprint density at radius 1 is 1.19 bits per heavy atom. The highest BCUT2D eigenvalue weighted by molar-refractivity contribution is 5.78. The standard InChI is InChI=1S/C20H24N4O2/c1-13(2)16-9-8-14(3)11-17(16)26-12-19(25)21-15(4)20-23-22-18-7-5-6-10-24(18)20/h5-11,13,15H,12H2,1-4H3,(H,21,25). The Balaban J connectivity index is 1.65. The molecular formula is C20H24N4O2. The van der Waals surface area contributed by atoms with Crippen molar-refractivity contribution < 1.29 is 9.53 Å². The fourth-order valence-electron chi connectivity index (χ4n) is 2.89. The summed E-state index contributed by atoms with van der Waals surface area (Å²) in [5, 5.41) is 11.2. The number of hydrogen-bond acceptors (Lipinski definition) is 4. The minimum absolute atomic E-state index is 0.0375. The van der Waals surface area contributed by atoms with Gasteiger partial charge in [-0.3, -0.25) is 9.20 Å². The van der Waals surface area contributed by atoms with E-state index in [4.69, 9.17) is 4.74 Å². The number of benzene rings is 1. The number of rotatable bonds is 6. The summed E-state index contributed by atoms with van der Waals surface area (Å²) in [6.45, 7) is 8.07. The molecule has 0 aliphatic heterocycles. The molecule has 26 heavy (non-hydrogen) atoms. The predicted octanol–water partition coefficient (Wildman–Crippen LogP) is 3.42. The molecule has 2 heterocycles. The zero-order chi connectivity index (χ0) is 18.7. The normalized spacial score (nSPS) is 12.3. The molecular weight excluding hydrogens is 328 g/mol. The maximum absolute atomic E-state index is 12.3. The van der Waals surface area contributed by atoms with E-state index < -0.39 is 0 Å². The first-order valence-electron chi connectivity index (χ1n) is 8.78. The van der Waals surface area contributed by atoms with Crippen molar-refractivity contribution in [3.63, 3.8) is 0 Å². The van der Waals surface area contributed by atoms with Crippen LogP contribution in [0.15, 0.2) is 42.6 Å². The third kappa shape index (κ3) is 3.85. The number of nitrogens with one attached hydrogen (secondary N) is 1. The molecule has 6 nitrogen and oxygen atoms in total. The second-order valence-electron chi connectivity index (χ2n) is 6.76. The Morgan fingerprint density at radius 2 is 2.00 bits per heavy atom. The minimum atomic E-state index is -0.273. The van der Waals surface area contributed by atoms with Crippen LogP contribution in [0, 0.1) is 6.92 Å². The lowest BCUT2D eigenvalue weighted by molar-refractivity contribution is -0.123. The zero-order valence-corrected chi connectivity index (χ0v) is 15.6. The SMILES string of the molecule is Cc1ccc(C(C)C)c(OCC(=O)NC(C)c2nnc3ccccn23)c1. The molecule has 3 rings (SSSR count). The van der Waals surface area contributed by atoms with Gasteiger partial charge >= 0.3 is 0 Å². The van der Waals surface area contributed by atoms with Crippen LogP contribution in [0.25, 0.3) is 5.65 Å². The molecule has 0 spiro atoms. The number of ether oxygens (including phenoxy) is 1. The van der Waals surface area contributed by atoms with Gasteiger partial charge in [0.15, 0.2) is 18.1 Å². The number of hydrogen-bond donors (Lipinski definition) is 1. The van der Waals surface area contributed by atoms with Crippen molar-refractivity contribution in [3.8, 4) is 5.75 Å². The Kier molecular flexibility index (Phi) is 5.21. The van der Waals surface area contributed by atoms with Gasteiger partial charge in [-0.2, -0.15) is 0 Å². The average molecular weight is 352 g/mol. The van der Waals surface area contributed by atoms with Gasteiger partial charge in [-0.15, -0.1) is 10.2 Å². The van der Waals surface area contributed by atoms with Crippen molar-refractivity contribution in [2.75, 3.05) is 6.61 Å². The summed E-state index contributed by atoms with van der Waals surface area (Å²) in [6.07, 6.45) is 1.88. The highest BCUT2D eigenvalue weighted by atomic mass is 16.5. The van der Waals surface area contributed by atoms with Crippen LogP contribution in [-0.2, 0) is 4.79 Å². The molecule has 6 heteroatoms. The number of carbonyl (C=O) groups is 1. The van der Waals surface area contributed by atoms with E-state index in [1.165, 1.54) is 0 Å². The van der Waals surface area contributed by atoms with Crippen molar-refractivity contribution in [1.82, 2.24) is 19.9 Å². The lowest BCUT2D eigenvalue weighted by Crippen LogP contribution is -2.32. The topological polar surface area (TPSA) is 68.5 Å². The van der Waals surface area contributed by atoms with Gasteiger partial charge < -0.3 is 10.1 Å². The van der Waals surface area contributed by atoms with E-state index in [1.807, 2.05) is 48.7 Å². The molecule has 0 fully saturated rings. The van der Waals surface area contributed by atoms with Gasteiger partial charge in [-0.1, -0.05) is 32.0 Å². The van der Waals surface area contributed by atoms with Crippen LogP contribution in [0.4, 0.5) is 0 Å². The summed E-state index contributed by atoms with van der Waals surface area (Å²) < 4.78 is 7.66. The zero-order valence-electron chi connectivity index (χ0n) is 15.6. The van der Waals surface area contributed by atoms with E-state index in [-0.39, 0.29) is 18.6 Å². The summed E-state index contributed by atoms with van der Waals surface area (Å²) in [4.78, 5) is 12.3. The fraction of sp³-hybridized carbons (Fsp3) is 0.350. The van der Waals surface area contributed by atoms with Crippen LogP contribution in [-0.4, -0.2) is 27.1 Å². The summed E-state index contributed by atoms with van der Waals surface area (Å²) in [5.41, 5.74) is 2.95. The molecule has 1 N–H and O–H groups in total. The van der Waals surface area contributed by atoms with E-state index >= 15 is 0 Å². The summed E-state index contributed by atoms with van der Waals surface area (Å²) in [7, 11) is 0. The molecule has 3 aromatic rings. The number of nitrogens with zero attached hydrogens (tertiary/aromatic N) is 3. The highest BCUT2D eigenvalue weighted by Crippen LogP contribution is 2.27. The first kappa shape index (κ1) is 17.9. The van der Waals surface area contributed by atoms with Crippen molar-refractivity contribution >= 4 is 11.6 Å². The van der Waals surface area contributed by atoms with Crippen molar-refractivity contribution in [2.24, 2.45) is 0 Å². The van der Waals surface area contributed by atoms with Crippen molar-refractivity contribution in [1.29, 1.82) is 0 Å². The largest absolute Gasteiger partial charge is 0.483 e. The number of aryl methyl sites for hydroxylation is 1. The maximum Gasteiger partial charge on any atom is 0.258 e. The number of amides is 1. The van der Waals surface area contributed by atoms with Gasteiger partial charge in [-0.25, -0.2) is 0 Å². The second-order valence-corrected chi connectivity index (χ2v) is 6.76. The van der Waals surface area contributed by atoms with Gasteiger partial charge in [0.05, 0.1) is 6.04 Å². The number of aromatic nitrogens is 3. The van der Waals surface area contributed by atoms with E-state index in [0.29, 0.717) is 11.7 Å². The van der Waals surface area contributed by atoms with Gasteiger partial charge in [0.25, 0.3) is 5.91 Å². The molecule has 2 aromatic heterocycles. The summed E-state index contributed by atoms with van der Waals surface area (Å²) in [6, 6.07) is 11.5. The molecule has 0 saturated carbocycles. The van der Waals surface area contributed by atoms with E-state index in [1.54, 1.807) is 0 Å². The monoisotopic (exact) mass is 352 g/mol. The Bertz CT molecular complexity index is 917. The van der Waals surface area contributed by atoms with Gasteiger partial charge in [-0.05, 0) is 49.1 Å². The van der Waals surface area contributed by atoms with Crippen LogP contribution in [0.3, 0.4) is 0 Å².